The van der Waals surface area contributed by atoms with Crippen LogP contribution < -0.4 is 5.32 Å². The summed E-state index contributed by atoms with van der Waals surface area (Å²) in [6.45, 7) is 0.518. The zero-order valence-corrected chi connectivity index (χ0v) is 11.2. The van der Waals surface area contributed by atoms with Gasteiger partial charge in [0.2, 0.25) is 0 Å². The van der Waals surface area contributed by atoms with Gasteiger partial charge < -0.3 is 10.4 Å². The normalized spacial score (nSPS) is 21.4. The van der Waals surface area contributed by atoms with Crippen molar-refractivity contribution in [2.45, 2.75) is 24.8 Å². The number of hydrogen-bond acceptors (Lipinski definition) is 3. The Kier molecular flexibility index (Phi) is 5.08. The number of thioether (sulfide) groups is 1. The van der Waals surface area contributed by atoms with E-state index in [-0.39, 0.29) is 0 Å². The van der Waals surface area contributed by atoms with Crippen LogP contribution in [0.4, 0.5) is 0 Å². The largest absolute Gasteiger partial charge is 0.481 e. The van der Waals surface area contributed by atoms with Crippen LogP contribution in [-0.2, 0) is 4.79 Å². The fourth-order valence-corrected chi connectivity index (χ4v) is 3.33. The molecule has 1 aromatic rings. The van der Waals surface area contributed by atoms with Crippen molar-refractivity contribution in [2.75, 3.05) is 18.1 Å². The van der Waals surface area contributed by atoms with Crippen molar-refractivity contribution in [1.82, 2.24) is 5.32 Å². The maximum absolute atomic E-state index is 11.3. The van der Waals surface area contributed by atoms with Gasteiger partial charge in [0.15, 0.2) is 0 Å². The Labute approximate surface area is 112 Å². The Bertz CT molecular complexity index is 377. The fourth-order valence-electron chi connectivity index (χ4n) is 2.22. The Morgan fingerprint density at radius 3 is 2.83 bits per heavy atom. The second kappa shape index (κ2) is 6.81. The van der Waals surface area contributed by atoms with Gasteiger partial charge in [-0.1, -0.05) is 30.3 Å². The van der Waals surface area contributed by atoms with E-state index in [0.717, 1.165) is 17.7 Å². The van der Waals surface area contributed by atoms with Crippen molar-refractivity contribution < 1.29 is 9.90 Å². The molecule has 1 aliphatic rings. The minimum Gasteiger partial charge on any atom is -0.481 e. The first-order chi connectivity index (χ1) is 8.77. The van der Waals surface area contributed by atoms with Crippen molar-refractivity contribution >= 4 is 17.7 Å². The third-order valence-electron chi connectivity index (χ3n) is 3.27. The van der Waals surface area contributed by atoms with E-state index in [1.165, 1.54) is 12.2 Å². The number of carboxylic acids is 1. The van der Waals surface area contributed by atoms with Crippen LogP contribution in [0.2, 0.25) is 0 Å². The molecule has 1 aromatic carbocycles. The van der Waals surface area contributed by atoms with Crippen LogP contribution in [0, 0.1) is 0 Å². The van der Waals surface area contributed by atoms with E-state index in [2.05, 4.69) is 5.32 Å². The summed E-state index contributed by atoms with van der Waals surface area (Å²) in [5.74, 6) is 1.13. The lowest BCUT2D eigenvalue weighted by Gasteiger charge is -2.24. The Morgan fingerprint density at radius 2 is 2.22 bits per heavy atom. The molecule has 0 amide bonds. The molecule has 0 saturated carbocycles. The first kappa shape index (κ1) is 13.4. The van der Waals surface area contributed by atoms with Crippen LogP contribution >= 0.6 is 11.8 Å². The maximum Gasteiger partial charge on any atom is 0.312 e. The number of rotatable bonds is 5. The van der Waals surface area contributed by atoms with E-state index in [4.69, 9.17) is 0 Å². The minimum absolute atomic E-state index is 0.446. The predicted molar refractivity (Wildman–Crippen MR) is 75.2 cm³/mol. The highest BCUT2D eigenvalue weighted by atomic mass is 32.2. The van der Waals surface area contributed by atoms with Gasteiger partial charge in [-0.2, -0.15) is 11.8 Å². The average Bonchev–Trinajstić information content (AvgIpc) is 2.41. The molecule has 2 unspecified atom stereocenters. The zero-order chi connectivity index (χ0) is 12.8. The standard InChI is InChI=1S/C14H19NO2S/c16-14(17)13(11-5-2-1-3-6-11)9-15-12-7-4-8-18-10-12/h1-3,5-6,12-13,15H,4,7-10H2,(H,16,17). The van der Waals surface area contributed by atoms with E-state index in [9.17, 15) is 9.90 Å². The molecule has 0 radical (unpaired) electrons. The summed E-state index contributed by atoms with van der Waals surface area (Å²) in [6.07, 6.45) is 2.39. The highest BCUT2D eigenvalue weighted by Gasteiger charge is 2.21. The molecular formula is C14H19NO2S. The second-order valence-electron chi connectivity index (χ2n) is 4.62. The Morgan fingerprint density at radius 1 is 1.44 bits per heavy atom. The van der Waals surface area contributed by atoms with Gasteiger partial charge in [0, 0.05) is 18.3 Å². The van der Waals surface area contributed by atoms with Crippen LogP contribution in [0.5, 0.6) is 0 Å². The topological polar surface area (TPSA) is 49.3 Å². The maximum atomic E-state index is 11.3. The van der Waals surface area contributed by atoms with Crippen molar-refractivity contribution in [3.05, 3.63) is 35.9 Å². The van der Waals surface area contributed by atoms with Crippen molar-refractivity contribution in [3.8, 4) is 0 Å². The molecule has 1 heterocycles. The number of carbonyl (C=O) groups is 1. The number of nitrogens with one attached hydrogen (secondary N) is 1. The van der Waals surface area contributed by atoms with Gasteiger partial charge >= 0.3 is 5.97 Å². The second-order valence-corrected chi connectivity index (χ2v) is 5.77. The first-order valence-electron chi connectivity index (χ1n) is 6.36. The molecule has 1 saturated heterocycles. The fraction of sp³-hybridized carbons (Fsp3) is 0.500. The zero-order valence-electron chi connectivity index (χ0n) is 10.3. The molecular weight excluding hydrogens is 246 g/mol. The molecule has 0 aromatic heterocycles. The van der Waals surface area contributed by atoms with Crippen LogP contribution in [-0.4, -0.2) is 35.2 Å². The van der Waals surface area contributed by atoms with Crippen LogP contribution in [0.1, 0.15) is 24.3 Å². The molecule has 4 heteroatoms. The van der Waals surface area contributed by atoms with E-state index in [0.29, 0.717) is 12.6 Å². The molecule has 3 nitrogen and oxygen atoms in total. The van der Waals surface area contributed by atoms with Crippen molar-refractivity contribution in [2.24, 2.45) is 0 Å². The molecule has 0 bridgehead atoms. The lowest BCUT2D eigenvalue weighted by atomic mass is 9.99. The highest BCUT2D eigenvalue weighted by molar-refractivity contribution is 7.99. The summed E-state index contributed by atoms with van der Waals surface area (Å²) < 4.78 is 0. The third kappa shape index (κ3) is 3.75. The summed E-state index contributed by atoms with van der Waals surface area (Å²) in [7, 11) is 0. The minimum atomic E-state index is -0.753. The quantitative estimate of drug-likeness (QED) is 0.858. The first-order valence-corrected chi connectivity index (χ1v) is 7.51. The van der Waals surface area contributed by atoms with Crippen LogP contribution in [0.15, 0.2) is 30.3 Å². The third-order valence-corrected chi connectivity index (χ3v) is 4.49. The smallest absolute Gasteiger partial charge is 0.312 e. The van der Waals surface area contributed by atoms with Crippen molar-refractivity contribution in [1.29, 1.82) is 0 Å². The summed E-state index contributed by atoms with van der Waals surface area (Å²) in [5, 5.41) is 12.7. The summed E-state index contributed by atoms with van der Waals surface area (Å²) in [4.78, 5) is 11.3. The molecule has 1 aliphatic heterocycles. The van der Waals surface area contributed by atoms with Gasteiger partial charge in [-0.15, -0.1) is 0 Å². The lowest BCUT2D eigenvalue weighted by molar-refractivity contribution is -0.138. The molecule has 0 spiro atoms. The van der Waals surface area contributed by atoms with Gasteiger partial charge in [0.05, 0.1) is 5.92 Å². The average molecular weight is 265 g/mol. The summed E-state index contributed by atoms with van der Waals surface area (Å²) in [6, 6.07) is 9.93. The van der Waals surface area contributed by atoms with Gasteiger partial charge in [-0.25, -0.2) is 0 Å². The predicted octanol–water partition coefficient (Wildman–Crippen LogP) is 2.34. The van der Waals surface area contributed by atoms with Crippen molar-refractivity contribution in [3.63, 3.8) is 0 Å². The molecule has 1 fully saturated rings. The Balaban J connectivity index is 1.92. The van der Waals surface area contributed by atoms with E-state index >= 15 is 0 Å². The molecule has 18 heavy (non-hydrogen) atoms. The van der Waals surface area contributed by atoms with Crippen LogP contribution in [0.25, 0.3) is 0 Å². The molecule has 2 rings (SSSR count). The van der Waals surface area contributed by atoms with Gasteiger partial charge in [-0.3, -0.25) is 4.79 Å². The van der Waals surface area contributed by atoms with E-state index < -0.39 is 11.9 Å². The Hall–Kier alpha value is -1.00. The van der Waals surface area contributed by atoms with Gasteiger partial charge in [0.25, 0.3) is 0 Å². The monoisotopic (exact) mass is 265 g/mol. The number of carboxylic acid groups (broad SMARTS) is 1. The van der Waals surface area contributed by atoms with E-state index in [1.807, 2.05) is 42.1 Å². The summed E-state index contributed by atoms with van der Waals surface area (Å²) >= 11 is 1.95. The molecule has 2 N–H and O–H groups in total. The van der Waals surface area contributed by atoms with Gasteiger partial charge in [0.1, 0.15) is 0 Å². The summed E-state index contributed by atoms with van der Waals surface area (Å²) in [5.41, 5.74) is 0.876. The molecule has 98 valence electrons. The van der Waals surface area contributed by atoms with Crippen LogP contribution in [0.3, 0.4) is 0 Å². The lowest BCUT2D eigenvalue weighted by Crippen LogP contribution is -2.38. The van der Waals surface area contributed by atoms with Gasteiger partial charge in [-0.05, 0) is 24.2 Å². The number of hydrogen-bond donors (Lipinski definition) is 2. The molecule has 0 aliphatic carbocycles. The number of aliphatic carboxylic acids is 1. The molecule has 2 atom stereocenters. The van der Waals surface area contributed by atoms with E-state index in [1.54, 1.807) is 0 Å². The number of benzene rings is 1. The SMILES string of the molecule is O=C(O)C(CNC1CCCSC1)c1ccccc1. The highest BCUT2D eigenvalue weighted by Crippen LogP contribution is 2.19.